The number of amides is 1. The number of nitrogens with zero attached hydrogens (tertiary/aromatic N) is 2. The average molecular weight is 369 g/mol. The molecule has 1 aromatic heterocycles. The topological polar surface area (TPSA) is 73.3 Å². The Hall–Kier alpha value is -2.84. The van der Waals surface area contributed by atoms with Gasteiger partial charge in [0.15, 0.2) is 5.69 Å². The Kier molecular flexibility index (Phi) is 6.37. The van der Waals surface area contributed by atoms with Gasteiger partial charge in [-0.2, -0.15) is 18.2 Å². The van der Waals surface area contributed by atoms with Gasteiger partial charge in [0.05, 0.1) is 12.8 Å². The molecular formula is C17H18F3N3O3. The molecule has 0 saturated heterocycles. The molecule has 0 aliphatic rings. The molecule has 1 N–H and O–H groups in total. The number of rotatable bonds is 6. The molecule has 1 amide bonds. The van der Waals surface area contributed by atoms with Crippen molar-refractivity contribution in [1.29, 1.82) is 0 Å². The van der Waals surface area contributed by atoms with Gasteiger partial charge in [-0.3, -0.25) is 5.32 Å². The first-order valence-electron chi connectivity index (χ1n) is 7.84. The summed E-state index contributed by atoms with van der Waals surface area (Å²) in [6.07, 6.45) is -4.34. The van der Waals surface area contributed by atoms with Crippen LogP contribution in [0.5, 0.6) is 5.88 Å². The Morgan fingerprint density at radius 1 is 1.23 bits per heavy atom. The molecule has 0 aliphatic carbocycles. The summed E-state index contributed by atoms with van der Waals surface area (Å²) in [6, 6.07) is 7.46. The summed E-state index contributed by atoms with van der Waals surface area (Å²) in [6.45, 7) is 1.74. The first kappa shape index (κ1) is 19.5. The van der Waals surface area contributed by atoms with Crippen LogP contribution in [0.15, 0.2) is 30.3 Å². The molecule has 1 aromatic carbocycles. The van der Waals surface area contributed by atoms with E-state index in [-0.39, 0.29) is 18.3 Å². The van der Waals surface area contributed by atoms with Crippen LogP contribution in [-0.2, 0) is 23.9 Å². The van der Waals surface area contributed by atoms with Crippen molar-refractivity contribution < 1.29 is 27.4 Å². The van der Waals surface area contributed by atoms with E-state index < -0.39 is 18.0 Å². The second-order valence-electron chi connectivity index (χ2n) is 5.32. The minimum atomic E-state index is -4.59. The van der Waals surface area contributed by atoms with E-state index >= 15 is 0 Å². The van der Waals surface area contributed by atoms with Crippen molar-refractivity contribution in [3.63, 3.8) is 0 Å². The molecule has 140 valence electrons. The van der Waals surface area contributed by atoms with Crippen molar-refractivity contribution >= 4 is 11.8 Å². The highest BCUT2D eigenvalue weighted by Crippen LogP contribution is 2.30. The third-order valence-electron chi connectivity index (χ3n) is 3.33. The SMILES string of the molecule is CCCc1nc(OCc2ccccc2NC(=O)OC)cc(C(F)(F)F)n1. The molecule has 2 aromatic rings. The summed E-state index contributed by atoms with van der Waals surface area (Å²) >= 11 is 0. The zero-order chi connectivity index (χ0) is 19.2. The number of carbonyl (C=O) groups excluding carboxylic acids is 1. The number of benzene rings is 1. The van der Waals surface area contributed by atoms with Gasteiger partial charge in [0.25, 0.3) is 0 Å². The molecule has 2 rings (SSSR count). The molecule has 0 bridgehead atoms. The van der Waals surface area contributed by atoms with E-state index in [4.69, 9.17) is 4.74 Å². The fourth-order valence-corrected chi connectivity index (χ4v) is 2.11. The number of methoxy groups -OCH3 is 1. The van der Waals surface area contributed by atoms with Crippen LogP contribution in [0.2, 0.25) is 0 Å². The lowest BCUT2D eigenvalue weighted by molar-refractivity contribution is -0.141. The van der Waals surface area contributed by atoms with Crippen LogP contribution in [-0.4, -0.2) is 23.2 Å². The summed E-state index contributed by atoms with van der Waals surface area (Å²) in [5, 5.41) is 2.51. The first-order valence-corrected chi connectivity index (χ1v) is 7.84. The number of halogens is 3. The molecule has 1 heterocycles. The van der Waals surface area contributed by atoms with Gasteiger partial charge in [0.1, 0.15) is 12.4 Å². The lowest BCUT2D eigenvalue weighted by Crippen LogP contribution is -2.14. The number of anilines is 1. The lowest BCUT2D eigenvalue weighted by Gasteiger charge is -2.13. The van der Waals surface area contributed by atoms with E-state index in [0.717, 1.165) is 6.07 Å². The summed E-state index contributed by atoms with van der Waals surface area (Å²) in [7, 11) is 1.23. The maximum absolute atomic E-state index is 13.0. The largest absolute Gasteiger partial charge is 0.473 e. The molecule has 0 atom stereocenters. The van der Waals surface area contributed by atoms with Crippen LogP contribution in [0.4, 0.5) is 23.7 Å². The van der Waals surface area contributed by atoms with Crippen molar-refractivity contribution in [1.82, 2.24) is 9.97 Å². The Labute approximate surface area is 148 Å². The van der Waals surface area contributed by atoms with Gasteiger partial charge in [-0.15, -0.1) is 0 Å². The number of carbonyl (C=O) groups is 1. The number of aryl methyl sites for hydroxylation is 1. The maximum Gasteiger partial charge on any atom is 0.433 e. The zero-order valence-electron chi connectivity index (χ0n) is 14.3. The Morgan fingerprint density at radius 3 is 2.62 bits per heavy atom. The van der Waals surface area contributed by atoms with E-state index in [2.05, 4.69) is 20.0 Å². The van der Waals surface area contributed by atoms with Gasteiger partial charge in [0, 0.05) is 18.1 Å². The molecule has 9 heteroatoms. The minimum absolute atomic E-state index is 0.0679. The Bertz CT molecular complexity index is 766. The fourth-order valence-electron chi connectivity index (χ4n) is 2.11. The molecule has 0 unspecified atom stereocenters. The van der Waals surface area contributed by atoms with Crippen molar-refractivity contribution in [2.45, 2.75) is 32.5 Å². The van der Waals surface area contributed by atoms with Gasteiger partial charge < -0.3 is 9.47 Å². The van der Waals surface area contributed by atoms with Crippen LogP contribution in [0, 0.1) is 0 Å². The van der Waals surface area contributed by atoms with Gasteiger partial charge in [-0.1, -0.05) is 25.1 Å². The van der Waals surface area contributed by atoms with Crippen molar-refractivity contribution in [3.05, 3.63) is 47.4 Å². The van der Waals surface area contributed by atoms with Crippen LogP contribution in [0.3, 0.4) is 0 Å². The molecule has 0 aliphatic heterocycles. The van der Waals surface area contributed by atoms with Crippen LogP contribution < -0.4 is 10.1 Å². The van der Waals surface area contributed by atoms with E-state index in [9.17, 15) is 18.0 Å². The Morgan fingerprint density at radius 2 is 1.96 bits per heavy atom. The second kappa shape index (κ2) is 8.50. The quantitative estimate of drug-likeness (QED) is 0.826. The van der Waals surface area contributed by atoms with E-state index in [1.54, 1.807) is 24.3 Å². The van der Waals surface area contributed by atoms with Crippen molar-refractivity contribution in [3.8, 4) is 5.88 Å². The molecule has 26 heavy (non-hydrogen) atoms. The fraction of sp³-hybridized carbons (Fsp3) is 0.353. The molecule has 0 radical (unpaired) electrons. The monoisotopic (exact) mass is 369 g/mol. The molecule has 0 saturated carbocycles. The lowest BCUT2D eigenvalue weighted by atomic mass is 10.2. The van der Waals surface area contributed by atoms with Crippen LogP contribution in [0.1, 0.15) is 30.4 Å². The summed E-state index contributed by atoms with van der Waals surface area (Å²) < 4.78 is 48.9. The number of ether oxygens (including phenoxy) is 2. The minimum Gasteiger partial charge on any atom is -0.473 e. The number of hydrogen-bond acceptors (Lipinski definition) is 5. The normalized spacial score (nSPS) is 11.1. The van der Waals surface area contributed by atoms with Crippen LogP contribution >= 0.6 is 0 Å². The van der Waals surface area contributed by atoms with E-state index in [1.165, 1.54) is 7.11 Å². The number of nitrogens with one attached hydrogen (secondary N) is 1. The third kappa shape index (κ3) is 5.33. The molecule has 0 spiro atoms. The maximum atomic E-state index is 13.0. The number of hydrogen-bond donors (Lipinski definition) is 1. The highest BCUT2D eigenvalue weighted by atomic mass is 19.4. The highest BCUT2D eigenvalue weighted by molar-refractivity contribution is 5.85. The van der Waals surface area contributed by atoms with E-state index in [0.29, 0.717) is 24.1 Å². The zero-order valence-corrected chi connectivity index (χ0v) is 14.3. The number of para-hydroxylation sites is 1. The smallest absolute Gasteiger partial charge is 0.433 e. The van der Waals surface area contributed by atoms with Gasteiger partial charge in [-0.05, 0) is 12.5 Å². The van der Waals surface area contributed by atoms with Gasteiger partial charge in [-0.25, -0.2) is 9.78 Å². The predicted molar refractivity (Wildman–Crippen MR) is 87.8 cm³/mol. The highest BCUT2D eigenvalue weighted by Gasteiger charge is 2.33. The van der Waals surface area contributed by atoms with Gasteiger partial charge in [0.2, 0.25) is 5.88 Å². The van der Waals surface area contributed by atoms with E-state index in [1.807, 2.05) is 6.92 Å². The predicted octanol–water partition coefficient (Wildman–Crippen LogP) is 4.21. The van der Waals surface area contributed by atoms with Crippen molar-refractivity contribution in [2.75, 3.05) is 12.4 Å². The second-order valence-corrected chi connectivity index (χ2v) is 5.32. The van der Waals surface area contributed by atoms with Crippen LogP contribution in [0.25, 0.3) is 0 Å². The summed E-state index contributed by atoms with van der Waals surface area (Å²) in [5.74, 6) is -0.109. The molecule has 0 fully saturated rings. The number of alkyl halides is 3. The summed E-state index contributed by atoms with van der Waals surface area (Å²) in [5.41, 5.74) is -0.0627. The van der Waals surface area contributed by atoms with Gasteiger partial charge >= 0.3 is 12.3 Å². The number of aromatic nitrogens is 2. The van der Waals surface area contributed by atoms with Crippen molar-refractivity contribution in [2.24, 2.45) is 0 Å². The Balaban J connectivity index is 2.21. The molecular weight excluding hydrogens is 351 g/mol. The molecule has 6 nitrogen and oxygen atoms in total. The first-order chi connectivity index (χ1) is 12.3. The summed E-state index contributed by atoms with van der Waals surface area (Å²) in [4.78, 5) is 18.9. The average Bonchev–Trinajstić information content (AvgIpc) is 2.60. The third-order valence-corrected chi connectivity index (χ3v) is 3.33. The standard InChI is InChI=1S/C17H18F3N3O3/c1-3-6-14-22-13(17(18,19)20)9-15(23-14)26-10-11-7-4-5-8-12(11)21-16(24)25-2/h4-5,7-9H,3,6,10H2,1-2H3,(H,21,24).